The number of piperazine rings is 1. The number of aromatic hydroxyl groups is 1. The predicted octanol–water partition coefficient (Wildman–Crippen LogP) is 0.875. The lowest BCUT2D eigenvalue weighted by Gasteiger charge is -2.33. The molecule has 1 atom stereocenters. The highest BCUT2D eigenvalue weighted by molar-refractivity contribution is 7.79. The molecule has 1 amide bonds. The third-order valence-corrected chi connectivity index (χ3v) is 6.63. The van der Waals surface area contributed by atoms with Crippen molar-refractivity contribution in [3.63, 3.8) is 0 Å². The summed E-state index contributed by atoms with van der Waals surface area (Å²) in [6.07, 6.45) is 3.52. The Balaban J connectivity index is 1.47. The molecule has 11 nitrogen and oxygen atoms in total. The number of rotatable bonds is 5. The van der Waals surface area contributed by atoms with Gasteiger partial charge in [0, 0.05) is 57.2 Å². The van der Waals surface area contributed by atoms with Crippen molar-refractivity contribution in [3.8, 4) is 17.0 Å². The van der Waals surface area contributed by atoms with Crippen LogP contribution in [0.4, 0.5) is 5.82 Å². The van der Waals surface area contributed by atoms with Crippen LogP contribution in [0.1, 0.15) is 10.5 Å². The molecule has 3 aromatic rings. The second-order valence-electron chi connectivity index (χ2n) is 8.32. The van der Waals surface area contributed by atoms with Gasteiger partial charge in [-0.2, -0.15) is 0 Å². The van der Waals surface area contributed by atoms with Gasteiger partial charge in [-0.3, -0.25) is 9.69 Å². The zero-order valence-electron chi connectivity index (χ0n) is 18.5. The molecule has 0 spiro atoms. The smallest absolute Gasteiger partial charge is 0.274 e. The van der Waals surface area contributed by atoms with Crippen molar-refractivity contribution in [1.29, 1.82) is 0 Å². The average Bonchev–Trinajstić information content (AvgIpc) is 3.28. The molecule has 2 fully saturated rings. The number of phenols is 1. The Morgan fingerprint density at radius 3 is 2.53 bits per heavy atom. The maximum atomic E-state index is 13.2. The summed E-state index contributed by atoms with van der Waals surface area (Å²) in [6, 6.07) is 6.90. The minimum atomic E-state index is -1.89. The van der Waals surface area contributed by atoms with E-state index in [-0.39, 0.29) is 17.5 Å². The Kier molecular flexibility index (Phi) is 6.46. The topological polar surface area (TPSA) is 124 Å². The Bertz CT molecular complexity index is 1220. The molecule has 2 aromatic heterocycles. The first-order valence-electron chi connectivity index (χ1n) is 11.1. The third kappa shape index (κ3) is 4.75. The van der Waals surface area contributed by atoms with Gasteiger partial charge >= 0.3 is 0 Å². The maximum Gasteiger partial charge on any atom is 0.274 e. The molecule has 1 aromatic carbocycles. The number of nitrogens with zero attached hydrogens (tertiary/aromatic N) is 6. The Morgan fingerprint density at radius 1 is 1.06 bits per heavy atom. The van der Waals surface area contributed by atoms with Gasteiger partial charge in [0.1, 0.15) is 17.3 Å². The number of carbonyl (C=O) groups is 1. The van der Waals surface area contributed by atoms with Crippen LogP contribution in [0, 0.1) is 0 Å². The van der Waals surface area contributed by atoms with Crippen molar-refractivity contribution >= 4 is 28.5 Å². The summed E-state index contributed by atoms with van der Waals surface area (Å²) in [5, 5.41) is 9.94. The van der Waals surface area contributed by atoms with E-state index in [2.05, 4.69) is 9.88 Å². The molecule has 1 unspecified atom stereocenters. The van der Waals surface area contributed by atoms with Crippen LogP contribution in [0.3, 0.4) is 0 Å². The van der Waals surface area contributed by atoms with E-state index in [4.69, 9.17) is 14.3 Å². The molecular formula is C22H26N6O5S. The fraction of sp³-hybridized carbons (Fsp3) is 0.409. The van der Waals surface area contributed by atoms with Crippen LogP contribution in [-0.4, -0.2) is 102 Å². The highest BCUT2D eigenvalue weighted by Gasteiger charge is 2.26. The zero-order chi connectivity index (χ0) is 23.7. The van der Waals surface area contributed by atoms with Crippen molar-refractivity contribution in [1.82, 2.24) is 24.2 Å². The number of ether oxygens (including phenoxy) is 1. The minimum absolute atomic E-state index is 0.0861. The highest BCUT2D eigenvalue weighted by atomic mass is 32.2. The largest absolute Gasteiger partial charge is 0.508 e. The molecule has 2 aliphatic rings. The summed E-state index contributed by atoms with van der Waals surface area (Å²) in [4.78, 5) is 28.4. The third-order valence-electron chi connectivity index (χ3n) is 6.04. The molecule has 0 bridgehead atoms. The molecule has 5 rings (SSSR count). The molecule has 34 heavy (non-hydrogen) atoms. The normalized spacial score (nSPS) is 18.4. The van der Waals surface area contributed by atoms with Crippen LogP contribution < -0.4 is 4.90 Å². The summed E-state index contributed by atoms with van der Waals surface area (Å²) >= 11 is -1.89. The maximum absolute atomic E-state index is 13.2. The number of fused-ring (bicyclic) bond motifs is 1. The lowest BCUT2D eigenvalue weighted by molar-refractivity contribution is 0.0651. The molecule has 0 saturated carbocycles. The summed E-state index contributed by atoms with van der Waals surface area (Å²) in [5.74, 6) is 0.722. The van der Waals surface area contributed by atoms with Crippen LogP contribution in [0.15, 0.2) is 36.7 Å². The van der Waals surface area contributed by atoms with Crippen LogP contribution in [0.2, 0.25) is 0 Å². The number of imidazole rings is 1. The van der Waals surface area contributed by atoms with E-state index >= 15 is 0 Å². The van der Waals surface area contributed by atoms with Crippen molar-refractivity contribution in [2.24, 2.45) is 0 Å². The van der Waals surface area contributed by atoms with Gasteiger partial charge < -0.3 is 28.6 Å². The molecule has 4 heterocycles. The Hall–Kier alpha value is -3.06. The molecule has 180 valence electrons. The average molecular weight is 487 g/mol. The van der Waals surface area contributed by atoms with Gasteiger partial charge in [0.15, 0.2) is 22.5 Å². The van der Waals surface area contributed by atoms with Crippen LogP contribution >= 0.6 is 0 Å². The van der Waals surface area contributed by atoms with Crippen molar-refractivity contribution < 1.29 is 23.4 Å². The number of hydrogen-bond donors (Lipinski definition) is 2. The van der Waals surface area contributed by atoms with Crippen molar-refractivity contribution in [2.45, 2.75) is 0 Å². The van der Waals surface area contributed by atoms with E-state index < -0.39 is 11.1 Å². The Morgan fingerprint density at radius 2 is 1.82 bits per heavy atom. The monoisotopic (exact) mass is 486 g/mol. The van der Waals surface area contributed by atoms with Gasteiger partial charge in [-0.15, -0.1) is 0 Å². The minimum Gasteiger partial charge on any atom is -0.508 e. The first kappa shape index (κ1) is 22.7. The van der Waals surface area contributed by atoms with Gasteiger partial charge in [-0.25, -0.2) is 14.2 Å². The number of hydrogen-bond acceptors (Lipinski definition) is 8. The number of morpholine rings is 1. The number of amides is 1. The van der Waals surface area contributed by atoms with Gasteiger partial charge in [-0.05, 0) is 12.1 Å². The SMILES string of the molecule is O=C(c1cn2cc(-c3cccc(O)c3)nc(N3CCOCC3)c2n1)N1CCN(CS(=O)O)CC1. The van der Waals surface area contributed by atoms with Crippen LogP contribution in [0.25, 0.3) is 16.9 Å². The first-order valence-corrected chi connectivity index (χ1v) is 12.4. The van der Waals surface area contributed by atoms with Gasteiger partial charge in [0.25, 0.3) is 5.91 Å². The molecule has 2 N–H and O–H groups in total. The lowest BCUT2D eigenvalue weighted by atomic mass is 10.1. The predicted molar refractivity (Wildman–Crippen MR) is 126 cm³/mol. The fourth-order valence-electron chi connectivity index (χ4n) is 4.28. The molecule has 2 saturated heterocycles. The number of carbonyl (C=O) groups excluding carboxylic acids is 1. The molecule has 2 aliphatic heterocycles. The van der Waals surface area contributed by atoms with Gasteiger partial charge in [-0.1, -0.05) is 12.1 Å². The summed E-state index contributed by atoms with van der Waals surface area (Å²) < 4.78 is 27.5. The number of phenolic OH excluding ortho intramolecular Hbond substituents is 1. The van der Waals surface area contributed by atoms with E-state index in [0.29, 0.717) is 75.3 Å². The second-order valence-corrected chi connectivity index (χ2v) is 9.22. The lowest BCUT2D eigenvalue weighted by Crippen LogP contribution is -2.49. The first-order chi connectivity index (χ1) is 16.5. The Labute approximate surface area is 198 Å². The van der Waals surface area contributed by atoms with Crippen molar-refractivity contribution in [3.05, 3.63) is 42.4 Å². The summed E-state index contributed by atoms with van der Waals surface area (Å²) in [5.41, 5.74) is 2.33. The molecule has 0 aliphatic carbocycles. The zero-order valence-corrected chi connectivity index (χ0v) is 19.4. The second kappa shape index (κ2) is 9.66. The summed E-state index contributed by atoms with van der Waals surface area (Å²) in [6.45, 7) is 4.49. The van der Waals surface area contributed by atoms with Gasteiger partial charge in [0.05, 0.1) is 18.9 Å². The van der Waals surface area contributed by atoms with E-state index in [1.165, 1.54) is 0 Å². The number of anilines is 1. The fourth-order valence-corrected chi connectivity index (χ4v) is 4.85. The highest BCUT2D eigenvalue weighted by Crippen LogP contribution is 2.28. The van der Waals surface area contributed by atoms with E-state index in [1.54, 1.807) is 29.3 Å². The van der Waals surface area contributed by atoms with E-state index in [9.17, 15) is 14.1 Å². The number of benzene rings is 1. The van der Waals surface area contributed by atoms with Crippen molar-refractivity contribution in [2.75, 3.05) is 63.3 Å². The van der Waals surface area contributed by atoms with Gasteiger partial charge in [0.2, 0.25) is 0 Å². The van der Waals surface area contributed by atoms with Crippen LogP contribution in [0.5, 0.6) is 5.75 Å². The standard InChI is InChI=1S/C22H26N6O5S/c29-17-3-1-2-16(12-17)18-13-28-14-19(22(30)27-6-4-25(5-7-27)15-34(31)32)24-21(28)20(23-18)26-8-10-33-11-9-26/h1-3,12-14,29H,4-11,15H2,(H,31,32). The summed E-state index contributed by atoms with van der Waals surface area (Å²) in [7, 11) is 0. The van der Waals surface area contributed by atoms with Crippen LogP contribution in [-0.2, 0) is 15.8 Å². The molecular weight excluding hydrogens is 460 g/mol. The number of aromatic nitrogens is 3. The quantitative estimate of drug-likeness (QED) is 0.506. The van der Waals surface area contributed by atoms with E-state index in [1.807, 2.05) is 21.6 Å². The molecule has 0 radical (unpaired) electrons. The molecule has 12 heteroatoms. The van der Waals surface area contributed by atoms with E-state index in [0.717, 1.165) is 5.56 Å².